The molecule has 0 radical (unpaired) electrons. The summed E-state index contributed by atoms with van der Waals surface area (Å²) in [6.07, 6.45) is 7.70. The number of nitrogens with one attached hydrogen (secondary N) is 1. The van der Waals surface area contributed by atoms with Crippen molar-refractivity contribution >= 4 is 28.4 Å². The van der Waals surface area contributed by atoms with Crippen LogP contribution in [-0.4, -0.2) is 14.5 Å². The first kappa shape index (κ1) is 18.5. The molecule has 3 N–H and O–H groups in total. The molecular weight excluding hydrogens is 358 g/mol. The van der Waals surface area contributed by atoms with Gasteiger partial charge < -0.3 is 15.6 Å². The maximum Gasteiger partial charge on any atom is 0.208 e. The monoisotopic (exact) mass is 389 g/mol. The first-order valence-corrected chi connectivity index (χ1v) is 10.9. The van der Waals surface area contributed by atoms with Crippen molar-refractivity contribution < 1.29 is 0 Å². The van der Waals surface area contributed by atoms with Gasteiger partial charge in [0.1, 0.15) is 0 Å². The molecule has 3 aromatic rings. The van der Waals surface area contributed by atoms with E-state index in [0.29, 0.717) is 0 Å². The largest absolute Gasteiger partial charge is 0.397 e. The number of hydrogen-bond donors (Lipinski definition) is 2. The summed E-state index contributed by atoms with van der Waals surface area (Å²) in [5.74, 6) is 2.50. The van der Waals surface area contributed by atoms with Gasteiger partial charge in [0.15, 0.2) is 0 Å². The lowest BCUT2D eigenvalue weighted by atomic mass is 9.95. The Morgan fingerprint density at radius 3 is 2.38 bits per heavy atom. The third-order valence-corrected chi connectivity index (χ3v) is 6.53. The minimum absolute atomic E-state index is 0.823. The molecule has 152 valence electrons. The van der Waals surface area contributed by atoms with E-state index >= 15 is 0 Å². The van der Waals surface area contributed by atoms with Crippen molar-refractivity contribution in [2.45, 2.75) is 59.3 Å². The second kappa shape index (κ2) is 6.75. The van der Waals surface area contributed by atoms with Crippen LogP contribution >= 0.6 is 0 Å². The summed E-state index contributed by atoms with van der Waals surface area (Å²) in [6, 6.07) is 4.34. The number of aryl methyl sites for hydroxylation is 4. The molecule has 0 spiro atoms. The van der Waals surface area contributed by atoms with Crippen LogP contribution in [-0.2, 0) is 19.9 Å². The van der Waals surface area contributed by atoms with Crippen LogP contribution in [0, 0.1) is 32.6 Å². The van der Waals surface area contributed by atoms with Crippen LogP contribution in [0.25, 0.3) is 11.0 Å². The molecular formula is C24H31N5. The molecule has 2 saturated carbocycles. The number of nitrogen functional groups attached to an aromatic ring is 1. The number of imidazole rings is 1. The zero-order valence-corrected chi connectivity index (χ0v) is 18.0. The fourth-order valence-corrected chi connectivity index (χ4v) is 4.62. The smallest absolute Gasteiger partial charge is 0.208 e. The first-order chi connectivity index (χ1) is 13.9. The SMILES string of the molecule is Cc1cc(C)c(Nc2nc3c(CC4CC4)c(CC4CC4)cc(N)c3n2C)c(C)n1. The second-order valence-electron chi connectivity index (χ2n) is 9.26. The van der Waals surface area contributed by atoms with Crippen LogP contribution in [0.5, 0.6) is 0 Å². The number of nitrogens with zero attached hydrogens (tertiary/aromatic N) is 3. The molecule has 0 bridgehead atoms. The summed E-state index contributed by atoms with van der Waals surface area (Å²) >= 11 is 0. The third-order valence-electron chi connectivity index (χ3n) is 6.53. The molecule has 5 heteroatoms. The molecule has 0 saturated heterocycles. The number of benzene rings is 1. The molecule has 0 amide bonds. The number of rotatable bonds is 6. The van der Waals surface area contributed by atoms with E-state index in [1.807, 2.05) is 13.8 Å². The minimum atomic E-state index is 0.823. The van der Waals surface area contributed by atoms with Gasteiger partial charge in [-0.25, -0.2) is 4.98 Å². The topological polar surface area (TPSA) is 68.8 Å². The second-order valence-corrected chi connectivity index (χ2v) is 9.26. The standard InChI is InChI=1S/C24H31N5/c1-13-9-14(2)26-15(3)21(13)27-24-28-22-19(11-17-7-8-17)18(10-16-5-6-16)12-20(25)23(22)29(24)4/h9,12,16-17H,5-8,10-11,25H2,1-4H3,(H,27,28). The molecule has 2 fully saturated rings. The summed E-state index contributed by atoms with van der Waals surface area (Å²) < 4.78 is 2.11. The van der Waals surface area contributed by atoms with Crippen LogP contribution < -0.4 is 11.1 Å². The molecule has 1 aromatic carbocycles. The van der Waals surface area contributed by atoms with E-state index in [4.69, 9.17) is 10.7 Å². The highest BCUT2D eigenvalue weighted by atomic mass is 15.2. The van der Waals surface area contributed by atoms with E-state index in [1.165, 1.54) is 42.4 Å². The highest BCUT2D eigenvalue weighted by Gasteiger charge is 2.29. The number of anilines is 3. The van der Waals surface area contributed by atoms with Crippen LogP contribution in [0.1, 0.15) is 53.8 Å². The number of fused-ring (bicyclic) bond motifs is 1. The van der Waals surface area contributed by atoms with E-state index < -0.39 is 0 Å². The third kappa shape index (κ3) is 3.47. The van der Waals surface area contributed by atoms with Crippen LogP contribution in [0.3, 0.4) is 0 Å². The lowest BCUT2D eigenvalue weighted by Gasteiger charge is -2.13. The fourth-order valence-electron chi connectivity index (χ4n) is 4.62. The number of hydrogen-bond acceptors (Lipinski definition) is 4. The fraction of sp³-hybridized carbons (Fsp3) is 0.500. The van der Waals surface area contributed by atoms with Crippen molar-refractivity contribution in [1.29, 1.82) is 0 Å². The normalized spacial score (nSPS) is 16.6. The van der Waals surface area contributed by atoms with Gasteiger partial charge in [-0.05, 0) is 100.0 Å². The molecule has 29 heavy (non-hydrogen) atoms. The minimum Gasteiger partial charge on any atom is -0.397 e. The Kier molecular flexibility index (Phi) is 4.30. The van der Waals surface area contributed by atoms with Crippen molar-refractivity contribution in [2.24, 2.45) is 18.9 Å². The van der Waals surface area contributed by atoms with Gasteiger partial charge in [-0.3, -0.25) is 4.98 Å². The molecule has 0 atom stereocenters. The summed E-state index contributed by atoms with van der Waals surface area (Å²) in [6.45, 7) is 6.20. The van der Waals surface area contributed by atoms with Crippen LogP contribution in [0.15, 0.2) is 12.1 Å². The molecule has 2 heterocycles. The quantitative estimate of drug-likeness (QED) is 0.574. The van der Waals surface area contributed by atoms with Crippen molar-refractivity contribution in [3.63, 3.8) is 0 Å². The van der Waals surface area contributed by atoms with Gasteiger partial charge in [0, 0.05) is 12.7 Å². The zero-order chi connectivity index (χ0) is 20.3. The Hall–Kier alpha value is -2.56. The van der Waals surface area contributed by atoms with Crippen molar-refractivity contribution in [2.75, 3.05) is 11.1 Å². The van der Waals surface area contributed by atoms with Gasteiger partial charge >= 0.3 is 0 Å². The average Bonchev–Trinajstić information content (AvgIpc) is 3.56. The maximum absolute atomic E-state index is 6.55. The zero-order valence-electron chi connectivity index (χ0n) is 18.0. The lowest BCUT2D eigenvalue weighted by Crippen LogP contribution is -2.05. The van der Waals surface area contributed by atoms with Gasteiger partial charge in [0.25, 0.3) is 0 Å². The van der Waals surface area contributed by atoms with Gasteiger partial charge in [-0.15, -0.1) is 0 Å². The molecule has 2 aliphatic carbocycles. The van der Waals surface area contributed by atoms with Gasteiger partial charge in [-0.2, -0.15) is 0 Å². The predicted octanol–water partition coefficient (Wildman–Crippen LogP) is 5.12. The van der Waals surface area contributed by atoms with Crippen LogP contribution in [0.2, 0.25) is 0 Å². The van der Waals surface area contributed by atoms with Crippen LogP contribution in [0.4, 0.5) is 17.3 Å². The highest BCUT2D eigenvalue weighted by molar-refractivity contribution is 5.93. The molecule has 5 nitrogen and oxygen atoms in total. The van der Waals surface area contributed by atoms with Crippen molar-refractivity contribution in [3.05, 3.63) is 40.2 Å². The molecule has 0 unspecified atom stereocenters. The predicted molar refractivity (Wildman–Crippen MR) is 120 cm³/mol. The first-order valence-electron chi connectivity index (χ1n) is 10.9. The summed E-state index contributed by atoms with van der Waals surface area (Å²) in [4.78, 5) is 9.71. The van der Waals surface area contributed by atoms with Gasteiger partial charge in [-0.1, -0.05) is 0 Å². The maximum atomic E-state index is 6.55. The Morgan fingerprint density at radius 1 is 1.03 bits per heavy atom. The Labute approximate surface area is 172 Å². The highest BCUT2D eigenvalue weighted by Crippen LogP contribution is 2.41. The lowest BCUT2D eigenvalue weighted by molar-refractivity contribution is 0.784. The van der Waals surface area contributed by atoms with E-state index in [9.17, 15) is 0 Å². The number of nitrogens with two attached hydrogens (primary N) is 1. The molecule has 2 aromatic heterocycles. The number of pyridine rings is 1. The van der Waals surface area contributed by atoms with Crippen molar-refractivity contribution in [1.82, 2.24) is 14.5 Å². The van der Waals surface area contributed by atoms with E-state index in [-0.39, 0.29) is 0 Å². The summed E-state index contributed by atoms with van der Waals surface area (Å²) in [7, 11) is 2.06. The van der Waals surface area contributed by atoms with E-state index in [2.05, 4.69) is 41.0 Å². The Bertz CT molecular complexity index is 1080. The van der Waals surface area contributed by atoms with Gasteiger partial charge in [0.2, 0.25) is 5.95 Å². The summed E-state index contributed by atoms with van der Waals surface area (Å²) in [5, 5.41) is 3.56. The van der Waals surface area contributed by atoms with Gasteiger partial charge in [0.05, 0.1) is 28.1 Å². The van der Waals surface area contributed by atoms with Crippen molar-refractivity contribution in [3.8, 4) is 0 Å². The van der Waals surface area contributed by atoms with E-state index in [0.717, 1.165) is 64.4 Å². The Balaban J connectivity index is 1.62. The summed E-state index contributed by atoms with van der Waals surface area (Å²) in [5.41, 5.74) is 16.7. The molecule has 2 aliphatic rings. The molecule has 0 aliphatic heterocycles. The molecule has 5 rings (SSSR count). The average molecular weight is 390 g/mol. The Morgan fingerprint density at radius 2 is 1.72 bits per heavy atom. The van der Waals surface area contributed by atoms with E-state index in [1.54, 1.807) is 0 Å². The number of aromatic nitrogens is 3.